The van der Waals surface area contributed by atoms with E-state index < -0.39 is 17.7 Å². The molecule has 1 aromatic carbocycles. The quantitative estimate of drug-likeness (QED) is 0.749. The van der Waals surface area contributed by atoms with Gasteiger partial charge < -0.3 is 5.32 Å². The predicted molar refractivity (Wildman–Crippen MR) is 99.9 cm³/mol. The summed E-state index contributed by atoms with van der Waals surface area (Å²) < 4.78 is 0.710. The second-order valence-electron chi connectivity index (χ2n) is 6.14. The summed E-state index contributed by atoms with van der Waals surface area (Å²) in [6, 6.07) is 4.28. The number of hydrogen-bond acceptors (Lipinski definition) is 5. The van der Waals surface area contributed by atoms with Crippen LogP contribution in [0.3, 0.4) is 0 Å². The fourth-order valence-electron chi connectivity index (χ4n) is 2.79. The molecule has 1 aliphatic rings. The smallest absolute Gasteiger partial charge is 0.300 e. The zero-order chi connectivity index (χ0) is 18.1. The molecular formula is C17H16BrN3O3S. The Morgan fingerprint density at radius 1 is 1.36 bits per heavy atom. The van der Waals surface area contributed by atoms with E-state index in [0.29, 0.717) is 27.3 Å². The maximum Gasteiger partial charge on any atom is 0.300 e. The van der Waals surface area contributed by atoms with Crippen LogP contribution < -0.4 is 10.2 Å². The van der Waals surface area contributed by atoms with E-state index in [1.807, 2.05) is 13.8 Å². The maximum atomic E-state index is 12.8. The van der Waals surface area contributed by atoms with Crippen LogP contribution in [0.1, 0.15) is 30.6 Å². The number of amides is 2. The van der Waals surface area contributed by atoms with Crippen molar-refractivity contribution >= 4 is 55.7 Å². The van der Waals surface area contributed by atoms with Gasteiger partial charge in [-0.15, -0.1) is 11.3 Å². The van der Waals surface area contributed by atoms with Crippen molar-refractivity contribution in [3.63, 3.8) is 0 Å². The Kier molecular flexibility index (Phi) is 5.01. The van der Waals surface area contributed by atoms with Crippen molar-refractivity contribution in [2.75, 3.05) is 10.2 Å². The predicted octanol–water partition coefficient (Wildman–Crippen LogP) is 3.49. The minimum absolute atomic E-state index is 0.162. The lowest BCUT2D eigenvalue weighted by molar-refractivity contribution is -0.121. The number of rotatable bonds is 5. The topological polar surface area (TPSA) is 79.4 Å². The summed E-state index contributed by atoms with van der Waals surface area (Å²) >= 11 is 4.61. The third-order valence-electron chi connectivity index (χ3n) is 3.85. The summed E-state index contributed by atoms with van der Waals surface area (Å²) in [6.07, 6.45) is 2.03. The highest BCUT2D eigenvalue weighted by molar-refractivity contribution is 9.10. The van der Waals surface area contributed by atoms with Crippen molar-refractivity contribution in [3.05, 3.63) is 39.8 Å². The number of nitrogens with zero attached hydrogens (tertiary/aromatic N) is 2. The molecule has 0 spiro atoms. The van der Waals surface area contributed by atoms with E-state index in [1.54, 1.807) is 29.8 Å². The maximum absolute atomic E-state index is 12.8. The molecule has 0 saturated carbocycles. The van der Waals surface area contributed by atoms with Gasteiger partial charge in [-0.1, -0.05) is 29.8 Å². The molecule has 2 heterocycles. The summed E-state index contributed by atoms with van der Waals surface area (Å²) in [4.78, 5) is 43.1. The monoisotopic (exact) mass is 421 g/mol. The van der Waals surface area contributed by atoms with E-state index in [-0.39, 0.29) is 11.8 Å². The first kappa shape index (κ1) is 17.8. The number of thiazole rings is 1. The van der Waals surface area contributed by atoms with E-state index in [2.05, 4.69) is 26.2 Å². The second kappa shape index (κ2) is 7.05. The van der Waals surface area contributed by atoms with Crippen molar-refractivity contribution in [2.24, 2.45) is 5.92 Å². The van der Waals surface area contributed by atoms with Gasteiger partial charge in [0.25, 0.3) is 11.7 Å². The van der Waals surface area contributed by atoms with Crippen LogP contribution >= 0.6 is 27.3 Å². The Labute approximate surface area is 157 Å². The number of benzene rings is 1. The van der Waals surface area contributed by atoms with Crippen molar-refractivity contribution in [2.45, 2.75) is 26.3 Å². The van der Waals surface area contributed by atoms with Crippen molar-refractivity contribution < 1.29 is 14.4 Å². The van der Waals surface area contributed by atoms with Crippen molar-refractivity contribution in [1.82, 2.24) is 4.98 Å². The Morgan fingerprint density at radius 3 is 2.76 bits per heavy atom. The number of fused-ring (bicyclic) bond motifs is 1. The summed E-state index contributed by atoms with van der Waals surface area (Å²) in [5.41, 5.74) is 0.785. The molecule has 1 aromatic heterocycles. The van der Waals surface area contributed by atoms with Crippen LogP contribution in [0, 0.1) is 5.92 Å². The number of carbonyl (C=O) groups is 3. The van der Waals surface area contributed by atoms with Crippen LogP contribution in [-0.2, 0) is 9.59 Å². The molecule has 25 heavy (non-hydrogen) atoms. The molecule has 2 aromatic rings. The van der Waals surface area contributed by atoms with Crippen molar-refractivity contribution in [3.8, 4) is 0 Å². The molecule has 0 fully saturated rings. The van der Waals surface area contributed by atoms with Gasteiger partial charge in [-0.3, -0.25) is 19.3 Å². The number of nitrogens with one attached hydrogen (secondary N) is 1. The molecular weight excluding hydrogens is 406 g/mol. The van der Waals surface area contributed by atoms with E-state index >= 15 is 0 Å². The van der Waals surface area contributed by atoms with Gasteiger partial charge >= 0.3 is 0 Å². The lowest BCUT2D eigenvalue weighted by atomic mass is 10.0. The average molecular weight is 422 g/mol. The van der Waals surface area contributed by atoms with E-state index in [0.717, 1.165) is 0 Å². The summed E-state index contributed by atoms with van der Waals surface area (Å²) in [6.45, 7) is 3.93. The molecule has 0 bridgehead atoms. The number of ketones is 1. The van der Waals surface area contributed by atoms with E-state index in [4.69, 9.17) is 0 Å². The summed E-state index contributed by atoms with van der Waals surface area (Å²) in [7, 11) is 0. The fourth-order valence-corrected chi connectivity index (χ4v) is 3.69. The minimum Gasteiger partial charge on any atom is -0.300 e. The minimum atomic E-state index is -0.775. The van der Waals surface area contributed by atoms with Gasteiger partial charge in [0, 0.05) is 16.0 Å². The van der Waals surface area contributed by atoms with E-state index in [9.17, 15) is 14.4 Å². The first-order valence-electron chi connectivity index (χ1n) is 7.76. The van der Waals surface area contributed by atoms with Gasteiger partial charge in [-0.2, -0.15) is 0 Å². The van der Waals surface area contributed by atoms with Crippen LogP contribution in [0.4, 0.5) is 10.8 Å². The average Bonchev–Trinajstić information content (AvgIpc) is 3.14. The second-order valence-corrected chi connectivity index (χ2v) is 7.95. The largest absolute Gasteiger partial charge is 0.300 e. The zero-order valence-electron chi connectivity index (χ0n) is 13.7. The first-order valence-corrected chi connectivity index (χ1v) is 9.43. The Balaban J connectivity index is 1.97. The van der Waals surface area contributed by atoms with Gasteiger partial charge in [0.15, 0.2) is 5.13 Å². The van der Waals surface area contributed by atoms with Crippen LogP contribution in [0.2, 0.25) is 0 Å². The van der Waals surface area contributed by atoms with Crippen LogP contribution in [0.25, 0.3) is 0 Å². The molecule has 8 heteroatoms. The van der Waals surface area contributed by atoms with Crippen molar-refractivity contribution in [1.29, 1.82) is 0 Å². The molecule has 0 aliphatic carbocycles. The highest BCUT2D eigenvalue weighted by atomic mass is 79.9. The zero-order valence-corrected chi connectivity index (χ0v) is 16.1. The molecule has 6 nitrogen and oxygen atoms in total. The molecule has 0 radical (unpaired) electrons. The molecule has 0 saturated heterocycles. The number of carbonyl (C=O) groups excluding carboxylic acids is 3. The van der Waals surface area contributed by atoms with Crippen LogP contribution in [0.15, 0.2) is 34.2 Å². The number of Topliss-reactive ketones (excluding diaryl/α,β-unsaturated/α-hetero) is 1. The van der Waals surface area contributed by atoms with Gasteiger partial charge in [0.2, 0.25) is 5.91 Å². The van der Waals surface area contributed by atoms with Gasteiger partial charge in [0.05, 0.1) is 11.3 Å². The first-order chi connectivity index (χ1) is 11.9. The lowest BCUT2D eigenvalue weighted by Gasteiger charge is -2.28. The van der Waals surface area contributed by atoms with E-state index in [1.165, 1.54) is 16.2 Å². The standard InChI is InChI=1S/C17H16BrN3O3S/c1-9(2)7-13(15(23)20-17-19-5-6-25-17)21-12-4-3-10(18)8-11(12)14(22)16(21)24/h3-6,8-9,13H,7H2,1-2H3,(H,19,20,23). The van der Waals surface area contributed by atoms with Gasteiger partial charge in [0.1, 0.15) is 6.04 Å². The third-order valence-corrected chi connectivity index (χ3v) is 5.03. The number of anilines is 2. The Morgan fingerprint density at radius 2 is 2.12 bits per heavy atom. The molecule has 1 N–H and O–H groups in total. The molecule has 1 aliphatic heterocycles. The Hall–Kier alpha value is -2.06. The number of hydrogen-bond donors (Lipinski definition) is 1. The molecule has 1 atom stereocenters. The molecule has 130 valence electrons. The molecule has 3 rings (SSSR count). The number of aromatic nitrogens is 1. The third kappa shape index (κ3) is 3.50. The van der Waals surface area contributed by atoms with Gasteiger partial charge in [-0.25, -0.2) is 4.98 Å². The van der Waals surface area contributed by atoms with Crippen LogP contribution in [-0.4, -0.2) is 28.6 Å². The summed E-state index contributed by atoms with van der Waals surface area (Å²) in [5.74, 6) is -1.45. The Bertz CT molecular complexity index is 836. The lowest BCUT2D eigenvalue weighted by Crippen LogP contribution is -2.47. The highest BCUT2D eigenvalue weighted by Gasteiger charge is 2.42. The van der Waals surface area contributed by atoms with Gasteiger partial charge in [-0.05, 0) is 30.5 Å². The SMILES string of the molecule is CC(C)CC(C(=O)Nc1nccs1)N1C(=O)C(=O)c2cc(Br)ccc21. The fraction of sp³-hybridized carbons (Fsp3) is 0.294. The molecule has 1 unspecified atom stereocenters. The number of halogens is 1. The normalized spacial score (nSPS) is 14.8. The highest BCUT2D eigenvalue weighted by Crippen LogP contribution is 2.34. The summed E-state index contributed by atoms with van der Waals surface area (Å²) in [5, 5.41) is 4.96. The van der Waals surface area contributed by atoms with Crippen LogP contribution in [0.5, 0.6) is 0 Å². The molecule has 2 amide bonds.